The minimum Gasteiger partial charge on any atom is -0.485 e. The van der Waals surface area contributed by atoms with E-state index in [9.17, 15) is 9.90 Å². The number of carbonyl (C=O) groups is 1. The molecule has 1 N–H and O–H groups in total. The molecule has 1 saturated heterocycles. The molecule has 4 rings (SSSR count). The van der Waals surface area contributed by atoms with Crippen LogP contribution in [-0.2, 0) is 0 Å². The van der Waals surface area contributed by atoms with Gasteiger partial charge in [0.25, 0.3) is 5.91 Å². The lowest BCUT2D eigenvalue weighted by atomic mass is 9.94. The average Bonchev–Trinajstić information content (AvgIpc) is 3.23. The largest absolute Gasteiger partial charge is 0.485 e. The van der Waals surface area contributed by atoms with E-state index in [2.05, 4.69) is 4.90 Å². The molecule has 0 spiro atoms. The summed E-state index contributed by atoms with van der Waals surface area (Å²) >= 11 is 0. The molecule has 27 heavy (non-hydrogen) atoms. The minimum atomic E-state index is -0.670. The van der Waals surface area contributed by atoms with Crippen molar-refractivity contribution >= 4 is 5.91 Å². The van der Waals surface area contributed by atoms with Gasteiger partial charge in [-0.25, -0.2) is 0 Å². The van der Waals surface area contributed by atoms with Gasteiger partial charge in [0.2, 0.25) is 0 Å². The molecule has 2 aliphatic rings. The number of piperazine rings is 1. The Labute approximate surface area is 158 Å². The fraction of sp³-hybridized carbons (Fsp3) is 0.450. The number of hydrogen-bond donors (Lipinski definition) is 1. The van der Waals surface area contributed by atoms with Gasteiger partial charge in [0, 0.05) is 26.2 Å². The minimum absolute atomic E-state index is 0.0475. The van der Waals surface area contributed by atoms with Gasteiger partial charge in [-0.15, -0.1) is 0 Å². The molecule has 0 bridgehead atoms. The zero-order chi connectivity index (χ0) is 18.9. The van der Waals surface area contributed by atoms with Gasteiger partial charge in [-0.1, -0.05) is 12.1 Å². The molecular formula is C20H24N2O5. The number of para-hydroxylation sites is 2. The van der Waals surface area contributed by atoms with Crippen LogP contribution < -0.4 is 9.47 Å². The molecule has 2 atom stereocenters. The first-order chi connectivity index (χ1) is 13.1. The van der Waals surface area contributed by atoms with Crippen molar-refractivity contribution < 1.29 is 23.8 Å². The van der Waals surface area contributed by atoms with E-state index in [1.165, 1.54) is 6.26 Å². The van der Waals surface area contributed by atoms with Crippen LogP contribution in [0.2, 0.25) is 0 Å². The summed E-state index contributed by atoms with van der Waals surface area (Å²) in [7, 11) is 0. The maximum absolute atomic E-state index is 12.4. The molecule has 7 nitrogen and oxygen atoms in total. The third kappa shape index (κ3) is 3.40. The molecular weight excluding hydrogens is 348 g/mol. The molecule has 2 aliphatic heterocycles. The second-order valence-electron chi connectivity index (χ2n) is 7.15. The zero-order valence-electron chi connectivity index (χ0n) is 15.3. The zero-order valence-corrected chi connectivity index (χ0v) is 15.3. The van der Waals surface area contributed by atoms with Gasteiger partial charge in [0.05, 0.1) is 18.9 Å². The molecule has 0 radical (unpaired) electrons. The quantitative estimate of drug-likeness (QED) is 0.879. The van der Waals surface area contributed by atoms with E-state index in [0.29, 0.717) is 44.3 Å². The number of carbonyl (C=O) groups excluding carboxylic acids is 1. The highest BCUT2D eigenvalue weighted by Gasteiger charge is 2.44. The summed E-state index contributed by atoms with van der Waals surface area (Å²) in [6.07, 6.45) is 1.50. The molecule has 7 heteroatoms. The number of aliphatic hydroxyl groups is 1. The normalized spacial score (nSPS) is 23.9. The van der Waals surface area contributed by atoms with Crippen LogP contribution in [0.5, 0.6) is 11.5 Å². The van der Waals surface area contributed by atoms with E-state index in [0.717, 1.165) is 5.75 Å². The van der Waals surface area contributed by atoms with E-state index >= 15 is 0 Å². The number of ether oxygens (including phenoxy) is 2. The van der Waals surface area contributed by atoms with Crippen molar-refractivity contribution in [1.29, 1.82) is 0 Å². The van der Waals surface area contributed by atoms with E-state index < -0.39 is 5.60 Å². The molecule has 144 valence electrons. The fourth-order valence-corrected chi connectivity index (χ4v) is 3.81. The predicted molar refractivity (Wildman–Crippen MR) is 98.0 cm³/mol. The highest BCUT2D eigenvalue weighted by Crippen LogP contribution is 2.37. The van der Waals surface area contributed by atoms with Crippen molar-refractivity contribution in [3.05, 3.63) is 48.4 Å². The van der Waals surface area contributed by atoms with Gasteiger partial charge in [-0.3, -0.25) is 9.69 Å². The molecule has 0 aliphatic carbocycles. The van der Waals surface area contributed by atoms with Crippen molar-refractivity contribution in [1.82, 2.24) is 9.80 Å². The number of aliphatic hydroxyl groups excluding tert-OH is 1. The van der Waals surface area contributed by atoms with Crippen molar-refractivity contribution in [3.63, 3.8) is 0 Å². The maximum Gasteiger partial charge on any atom is 0.289 e. The Morgan fingerprint density at radius 2 is 1.89 bits per heavy atom. The van der Waals surface area contributed by atoms with Gasteiger partial charge in [0.15, 0.2) is 22.9 Å². The van der Waals surface area contributed by atoms with Crippen LogP contribution in [0.15, 0.2) is 47.1 Å². The van der Waals surface area contributed by atoms with E-state index in [4.69, 9.17) is 13.9 Å². The number of hydrogen-bond acceptors (Lipinski definition) is 6. The summed E-state index contributed by atoms with van der Waals surface area (Å²) in [5.74, 6) is 1.67. The third-order valence-corrected chi connectivity index (χ3v) is 5.36. The summed E-state index contributed by atoms with van der Waals surface area (Å²) in [6.45, 7) is 4.72. The fourth-order valence-electron chi connectivity index (χ4n) is 3.81. The van der Waals surface area contributed by atoms with Gasteiger partial charge in [-0.05, 0) is 31.2 Å². The summed E-state index contributed by atoms with van der Waals surface area (Å²) in [5.41, 5.74) is -0.670. The molecule has 2 unspecified atom stereocenters. The number of rotatable bonds is 4. The van der Waals surface area contributed by atoms with Crippen LogP contribution >= 0.6 is 0 Å². The van der Waals surface area contributed by atoms with Gasteiger partial charge < -0.3 is 23.9 Å². The van der Waals surface area contributed by atoms with Crippen LogP contribution in [0, 0.1) is 0 Å². The second-order valence-corrected chi connectivity index (χ2v) is 7.15. The Morgan fingerprint density at radius 1 is 1.15 bits per heavy atom. The second kappa shape index (κ2) is 7.25. The number of furan rings is 1. The Morgan fingerprint density at radius 3 is 2.56 bits per heavy atom. The molecule has 1 fully saturated rings. The molecule has 1 amide bonds. The predicted octanol–water partition coefficient (Wildman–Crippen LogP) is 1.63. The number of fused-ring (bicyclic) bond motifs is 1. The van der Waals surface area contributed by atoms with E-state index in [-0.39, 0.29) is 18.6 Å². The lowest BCUT2D eigenvalue weighted by molar-refractivity contribution is -0.0847. The van der Waals surface area contributed by atoms with Crippen LogP contribution in [0.4, 0.5) is 0 Å². The summed E-state index contributed by atoms with van der Waals surface area (Å²) in [5, 5.41) is 10.1. The van der Waals surface area contributed by atoms with Crippen LogP contribution in [0.1, 0.15) is 17.5 Å². The standard InChI is InChI=1S/C20H24N2O5/c1-20(14-26-15-5-2-3-6-16(15)27-20)18(13-23)21-8-10-22(11-9-21)19(24)17-7-4-12-25-17/h2-7,12,18,23H,8-11,13-14H2,1H3. The van der Waals surface area contributed by atoms with Crippen LogP contribution in [-0.4, -0.2) is 71.8 Å². The summed E-state index contributed by atoms with van der Waals surface area (Å²) in [4.78, 5) is 16.4. The lowest BCUT2D eigenvalue weighted by Crippen LogP contribution is -2.64. The monoisotopic (exact) mass is 372 g/mol. The third-order valence-electron chi connectivity index (χ3n) is 5.36. The van der Waals surface area contributed by atoms with Crippen molar-refractivity contribution in [2.24, 2.45) is 0 Å². The maximum atomic E-state index is 12.4. The van der Waals surface area contributed by atoms with Crippen LogP contribution in [0.3, 0.4) is 0 Å². The Hall–Kier alpha value is -2.51. The molecule has 1 aromatic heterocycles. The SMILES string of the molecule is CC1(C(CO)N2CCN(C(=O)c3ccco3)CC2)COc2ccccc2O1. The van der Waals surface area contributed by atoms with E-state index in [1.807, 2.05) is 31.2 Å². The molecule has 2 aromatic rings. The van der Waals surface area contributed by atoms with Gasteiger partial charge in [-0.2, -0.15) is 0 Å². The van der Waals surface area contributed by atoms with Gasteiger partial charge >= 0.3 is 0 Å². The molecule has 1 aromatic carbocycles. The highest BCUT2D eigenvalue weighted by molar-refractivity contribution is 5.91. The van der Waals surface area contributed by atoms with Crippen molar-refractivity contribution in [3.8, 4) is 11.5 Å². The first kappa shape index (κ1) is 17.9. The molecule has 0 saturated carbocycles. The number of nitrogens with zero attached hydrogens (tertiary/aromatic N) is 2. The average molecular weight is 372 g/mol. The smallest absolute Gasteiger partial charge is 0.289 e. The first-order valence-electron chi connectivity index (χ1n) is 9.19. The lowest BCUT2D eigenvalue weighted by Gasteiger charge is -2.47. The van der Waals surface area contributed by atoms with Crippen LogP contribution in [0.25, 0.3) is 0 Å². The first-order valence-corrected chi connectivity index (χ1v) is 9.19. The summed E-state index contributed by atoms with van der Waals surface area (Å²) < 4.78 is 17.3. The van der Waals surface area contributed by atoms with Crippen molar-refractivity contribution in [2.45, 2.75) is 18.6 Å². The number of amides is 1. The summed E-state index contributed by atoms with van der Waals surface area (Å²) in [6, 6.07) is 10.7. The Kier molecular flexibility index (Phi) is 4.80. The molecule has 3 heterocycles. The topological polar surface area (TPSA) is 75.4 Å². The Balaban J connectivity index is 1.43. The number of benzene rings is 1. The Bertz CT molecular complexity index is 785. The highest BCUT2D eigenvalue weighted by atomic mass is 16.6. The van der Waals surface area contributed by atoms with Gasteiger partial charge in [0.1, 0.15) is 6.61 Å². The van der Waals surface area contributed by atoms with E-state index in [1.54, 1.807) is 17.0 Å². The van der Waals surface area contributed by atoms with Crippen molar-refractivity contribution in [2.75, 3.05) is 39.4 Å².